The maximum atomic E-state index is 12.3. The third-order valence-corrected chi connectivity index (χ3v) is 5.44. The minimum absolute atomic E-state index is 0.00810. The predicted octanol–water partition coefficient (Wildman–Crippen LogP) is 7.69. The maximum Gasteiger partial charge on any atom is 0.311 e. The summed E-state index contributed by atoms with van der Waals surface area (Å²) < 4.78 is 5.60. The van der Waals surface area contributed by atoms with Crippen LogP contribution >= 0.6 is 0 Å². The average Bonchev–Trinajstić information content (AvgIpc) is 2.55. The van der Waals surface area contributed by atoms with E-state index in [1.807, 2.05) is 20.8 Å². The highest BCUT2D eigenvalue weighted by Crippen LogP contribution is 2.27. The number of ether oxygens (including phenoxy) is 1. The molecule has 0 spiro atoms. The van der Waals surface area contributed by atoms with Gasteiger partial charge in [-0.1, -0.05) is 97.8 Å². The van der Waals surface area contributed by atoms with E-state index in [-0.39, 0.29) is 17.5 Å². The molecule has 25 heavy (non-hydrogen) atoms. The van der Waals surface area contributed by atoms with Crippen LogP contribution in [0, 0.1) is 11.3 Å². The molecule has 0 fully saturated rings. The van der Waals surface area contributed by atoms with Crippen molar-refractivity contribution in [3.05, 3.63) is 0 Å². The first-order chi connectivity index (χ1) is 11.8. The number of carbonyl (C=O) groups excluding carboxylic acids is 1. The van der Waals surface area contributed by atoms with Crippen molar-refractivity contribution >= 4 is 5.97 Å². The molecule has 0 bridgehead atoms. The second-order valence-electron chi connectivity index (χ2n) is 8.88. The van der Waals surface area contributed by atoms with Gasteiger partial charge in [0.25, 0.3) is 0 Å². The largest absolute Gasteiger partial charge is 0.462 e. The molecular formula is C23H46O2. The zero-order valence-electron chi connectivity index (χ0n) is 18.2. The zero-order chi connectivity index (χ0) is 19.1. The number of unbranched alkanes of at least 4 members (excludes halogenated alkanes) is 11. The fourth-order valence-electron chi connectivity index (χ4n) is 2.97. The number of hydrogen-bond donors (Lipinski definition) is 0. The van der Waals surface area contributed by atoms with Crippen LogP contribution in [0.1, 0.15) is 125 Å². The van der Waals surface area contributed by atoms with Gasteiger partial charge in [-0.25, -0.2) is 0 Å². The van der Waals surface area contributed by atoms with Crippen molar-refractivity contribution in [1.82, 2.24) is 0 Å². The molecule has 0 heterocycles. The van der Waals surface area contributed by atoms with E-state index in [1.165, 1.54) is 70.6 Å². The molecule has 2 nitrogen and oxygen atoms in total. The number of rotatable bonds is 16. The molecule has 0 saturated heterocycles. The summed E-state index contributed by atoms with van der Waals surface area (Å²) in [6.07, 6.45) is 17.2. The third-order valence-electron chi connectivity index (χ3n) is 5.44. The Morgan fingerprint density at radius 1 is 0.760 bits per heavy atom. The monoisotopic (exact) mass is 354 g/mol. The number of esters is 1. The summed E-state index contributed by atoms with van der Waals surface area (Å²) in [5.74, 6) is 0.350. The SMILES string of the molecule is CCCCCCCCCCCCCCC(C)(C)C(=O)OC(C)C(C)C. The standard InChI is InChI=1S/C23H46O2/c1-7-8-9-10-11-12-13-14-15-16-17-18-19-23(5,6)22(24)25-21(4)20(2)3/h20-21H,7-19H2,1-6H3. The second kappa shape index (κ2) is 14.6. The van der Waals surface area contributed by atoms with Gasteiger partial charge in [-0.05, 0) is 33.1 Å². The first kappa shape index (κ1) is 24.5. The van der Waals surface area contributed by atoms with Gasteiger partial charge in [-0.15, -0.1) is 0 Å². The van der Waals surface area contributed by atoms with Gasteiger partial charge in [-0.3, -0.25) is 4.79 Å². The molecule has 0 aliphatic rings. The molecule has 2 heteroatoms. The van der Waals surface area contributed by atoms with Crippen LogP contribution in [0.15, 0.2) is 0 Å². The van der Waals surface area contributed by atoms with Crippen LogP contribution in [0.25, 0.3) is 0 Å². The molecule has 0 rings (SSSR count). The minimum Gasteiger partial charge on any atom is -0.462 e. The predicted molar refractivity (Wildman–Crippen MR) is 110 cm³/mol. The van der Waals surface area contributed by atoms with Crippen molar-refractivity contribution < 1.29 is 9.53 Å². The van der Waals surface area contributed by atoms with Crippen LogP contribution in [0.2, 0.25) is 0 Å². The fraction of sp³-hybridized carbons (Fsp3) is 0.957. The molecule has 0 aliphatic carbocycles. The molecular weight excluding hydrogens is 308 g/mol. The average molecular weight is 355 g/mol. The normalized spacial score (nSPS) is 13.2. The van der Waals surface area contributed by atoms with Crippen molar-refractivity contribution in [2.24, 2.45) is 11.3 Å². The summed E-state index contributed by atoms with van der Waals surface area (Å²) >= 11 is 0. The third kappa shape index (κ3) is 13.3. The Morgan fingerprint density at radius 3 is 1.56 bits per heavy atom. The van der Waals surface area contributed by atoms with E-state index in [4.69, 9.17) is 4.74 Å². The van der Waals surface area contributed by atoms with E-state index in [9.17, 15) is 4.79 Å². The molecule has 0 saturated carbocycles. The van der Waals surface area contributed by atoms with Crippen molar-refractivity contribution in [2.45, 2.75) is 131 Å². The highest BCUT2D eigenvalue weighted by Gasteiger charge is 2.30. The lowest BCUT2D eigenvalue weighted by atomic mass is 9.86. The molecule has 0 radical (unpaired) electrons. The van der Waals surface area contributed by atoms with Crippen molar-refractivity contribution in [3.8, 4) is 0 Å². The molecule has 150 valence electrons. The summed E-state index contributed by atoms with van der Waals surface area (Å²) in [6.45, 7) is 12.5. The molecule has 1 unspecified atom stereocenters. The van der Waals surface area contributed by atoms with E-state index >= 15 is 0 Å². The number of hydrogen-bond acceptors (Lipinski definition) is 2. The lowest BCUT2D eigenvalue weighted by Gasteiger charge is -2.26. The van der Waals surface area contributed by atoms with E-state index in [2.05, 4.69) is 20.8 Å². The van der Waals surface area contributed by atoms with E-state index in [0.717, 1.165) is 12.8 Å². The second-order valence-corrected chi connectivity index (χ2v) is 8.88. The Kier molecular flexibility index (Phi) is 14.3. The van der Waals surface area contributed by atoms with Gasteiger partial charge < -0.3 is 4.74 Å². The van der Waals surface area contributed by atoms with E-state index < -0.39 is 0 Å². The Morgan fingerprint density at radius 2 is 1.16 bits per heavy atom. The Labute approximate surface area is 158 Å². The lowest BCUT2D eigenvalue weighted by molar-refractivity contribution is -0.161. The molecule has 0 N–H and O–H groups in total. The molecule has 0 aromatic carbocycles. The van der Waals surface area contributed by atoms with Gasteiger partial charge in [0.1, 0.15) is 6.10 Å². The van der Waals surface area contributed by atoms with Gasteiger partial charge >= 0.3 is 5.97 Å². The smallest absolute Gasteiger partial charge is 0.311 e. The first-order valence-corrected chi connectivity index (χ1v) is 11.0. The Bertz CT molecular complexity index is 320. The van der Waals surface area contributed by atoms with Crippen molar-refractivity contribution in [1.29, 1.82) is 0 Å². The van der Waals surface area contributed by atoms with Crippen LogP contribution in [0.3, 0.4) is 0 Å². The molecule has 0 amide bonds. The molecule has 0 aromatic rings. The van der Waals surface area contributed by atoms with E-state index in [1.54, 1.807) is 0 Å². The van der Waals surface area contributed by atoms with Crippen LogP contribution in [0.4, 0.5) is 0 Å². The summed E-state index contributed by atoms with van der Waals surface area (Å²) in [6, 6.07) is 0. The molecule has 1 atom stereocenters. The van der Waals surface area contributed by atoms with Gasteiger partial charge in [0, 0.05) is 0 Å². The quantitative estimate of drug-likeness (QED) is 0.210. The summed E-state index contributed by atoms with van der Waals surface area (Å²) in [5, 5.41) is 0. The Balaban J connectivity index is 3.58. The van der Waals surface area contributed by atoms with Gasteiger partial charge in [-0.2, -0.15) is 0 Å². The zero-order valence-corrected chi connectivity index (χ0v) is 18.2. The van der Waals surface area contributed by atoms with Crippen molar-refractivity contribution in [3.63, 3.8) is 0 Å². The summed E-state index contributed by atoms with van der Waals surface area (Å²) in [5.41, 5.74) is -0.346. The summed E-state index contributed by atoms with van der Waals surface area (Å²) in [4.78, 5) is 12.3. The highest BCUT2D eigenvalue weighted by atomic mass is 16.5. The van der Waals surface area contributed by atoms with Crippen LogP contribution < -0.4 is 0 Å². The van der Waals surface area contributed by atoms with Gasteiger partial charge in [0.05, 0.1) is 5.41 Å². The molecule has 0 aromatic heterocycles. The highest BCUT2D eigenvalue weighted by molar-refractivity contribution is 5.76. The number of carbonyl (C=O) groups is 1. The first-order valence-electron chi connectivity index (χ1n) is 11.0. The lowest BCUT2D eigenvalue weighted by Crippen LogP contribution is -2.31. The Hall–Kier alpha value is -0.530. The van der Waals surface area contributed by atoms with Gasteiger partial charge in [0.15, 0.2) is 0 Å². The van der Waals surface area contributed by atoms with E-state index in [0.29, 0.717) is 5.92 Å². The fourth-order valence-corrected chi connectivity index (χ4v) is 2.97. The minimum atomic E-state index is -0.346. The van der Waals surface area contributed by atoms with Crippen LogP contribution in [0.5, 0.6) is 0 Å². The van der Waals surface area contributed by atoms with Crippen LogP contribution in [-0.4, -0.2) is 12.1 Å². The maximum absolute atomic E-state index is 12.3. The topological polar surface area (TPSA) is 26.3 Å². The van der Waals surface area contributed by atoms with Crippen LogP contribution in [-0.2, 0) is 9.53 Å². The van der Waals surface area contributed by atoms with Gasteiger partial charge in [0.2, 0.25) is 0 Å². The van der Waals surface area contributed by atoms with Crippen molar-refractivity contribution in [2.75, 3.05) is 0 Å². The molecule has 0 aliphatic heterocycles. The summed E-state index contributed by atoms with van der Waals surface area (Å²) in [7, 11) is 0.